The summed E-state index contributed by atoms with van der Waals surface area (Å²) in [5, 5.41) is 2.76. The SMILES string of the molecule is [CH2]Nc1ccc(N(C)C)nc1. The second-order valence-electron chi connectivity index (χ2n) is 2.48. The van der Waals surface area contributed by atoms with Crippen molar-refractivity contribution in [1.29, 1.82) is 0 Å². The molecule has 3 heteroatoms. The van der Waals surface area contributed by atoms with Gasteiger partial charge < -0.3 is 10.2 Å². The highest BCUT2D eigenvalue weighted by molar-refractivity contribution is 5.47. The van der Waals surface area contributed by atoms with Gasteiger partial charge in [0, 0.05) is 21.1 Å². The molecule has 0 fully saturated rings. The quantitative estimate of drug-likeness (QED) is 0.689. The van der Waals surface area contributed by atoms with E-state index in [9.17, 15) is 0 Å². The van der Waals surface area contributed by atoms with Crippen molar-refractivity contribution in [2.24, 2.45) is 0 Å². The van der Waals surface area contributed by atoms with Crippen LogP contribution in [0.1, 0.15) is 0 Å². The third kappa shape index (κ3) is 1.83. The molecular weight excluding hydrogens is 138 g/mol. The summed E-state index contributed by atoms with van der Waals surface area (Å²) in [6.07, 6.45) is 1.75. The molecule has 1 aromatic heterocycles. The number of nitrogens with one attached hydrogen (secondary N) is 1. The molecule has 0 spiro atoms. The summed E-state index contributed by atoms with van der Waals surface area (Å²) in [5.74, 6) is 0.948. The summed E-state index contributed by atoms with van der Waals surface area (Å²) in [4.78, 5) is 6.12. The van der Waals surface area contributed by atoms with E-state index < -0.39 is 0 Å². The summed E-state index contributed by atoms with van der Waals surface area (Å²) in [6, 6.07) is 3.88. The van der Waals surface area contributed by atoms with Gasteiger partial charge in [-0.1, -0.05) is 0 Å². The van der Waals surface area contributed by atoms with E-state index >= 15 is 0 Å². The molecule has 0 atom stereocenters. The minimum atomic E-state index is 0.926. The predicted molar refractivity (Wildman–Crippen MR) is 47.5 cm³/mol. The van der Waals surface area contributed by atoms with Gasteiger partial charge in [-0.15, -0.1) is 0 Å². The van der Waals surface area contributed by atoms with E-state index in [-0.39, 0.29) is 0 Å². The van der Waals surface area contributed by atoms with E-state index in [1.54, 1.807) is 6.20 Å². The van der Waals surface area contributed by atoms with Crippen molar-refractivity contribution < 1.29 is 0 Å². The lowest BCUT2D eigenvalue weighted by Crippen LogP contribution is -2.10. The molecule has 1 N–H and O–H groups in total. The average Bonchev–Trinajstić information content (AvgIpc) is 2.05. The largest absolute Gasteiger partial charge is 0.382 e. The summed E-state index contributed by atoms with van der Waals surface area (Å²) in [6.45, 7) is 0. The first kappa shape index (κ1) is 7.85. The van der Waals surface area contributed by atoms with Crippen LogP contribution in [0, 0.1) is 7.05 Å². The lowest BCUT2D eigenvalue weighted by atomic mass is 10.4. The van der Waals surface area contributed by atoms with E-state index in [1.807, 2.05) is 31.1 Å². The molecule has 1 rings (SSSR count). The van der Waals surface area contributed by atoms with Crippen molar-refractivity contribution in [2.45, 2.75) is 0 Å². The Bertz CT molecular complexity index is 215. The molecule has 1 radical (unpaired) electrons. The van der Waals surface area contributed by atoms with Gasteiger partial charge in [0.2, 0.25) is 0 Å². The molecular formula is C8H12N3. The summed E-state index contributed by atoms with van der Waals surface area (Å²) in [5.41, 5.74) is 0.926. The van der Waals surface area contributed by atoms with Crippen LogP contribution < -0.4 is 10.2 Å². The maximum atomic E-state index is 4.17. The maximum Gasteiger partial charge on any atom is 0.128 e. The van der Waals surface area contributed by atoms with Crippen molar-refractivity contribution in [3.8, 4) is 0 Å². The van der Waals surface area contributed by atoms with Crippen LogP contribution in [0.2, 0.25) is 0 Å². The third-order valence-electron chi connectivity index (χ3n) is 1.41. The summed E-state index contributed by atoms with van der Waals surface area (Å²) < 4.78 is 0. The number of anilines is 2. The lowest BCUT2D eigenvalue weighted by molar-refractivity contribution is 1.07. The number of hydrogen-bond donors (Lipinski definition) is 1. The zero-order valence-electron chi connectivity index (χ0n) is 6.83. The van der Waals surface area contributed by atoms with Gasteiger partial charge in [0.1, 0.15) is 5.82 Å². The second-order valence-corrected chi connectivity index (χ2v) is 2.48. The molecule has 0 aliphatic carbocycles. The molecule has 0 saturated carbocycles. The Balaban J connectivity index is 2.83. The predicted octanol–water partition coefficient (Wildman–Crippen LogP) is 1.35. The van der Waals surface area contributed by atoms with Crippen LogP contribution in [0.4, 0.5) is 11.5 Å². The maximum absolute atomic E-state index is 4.17. The summed E-state index contributed by atoms with van der Waals surface area (Å²) >= 11 is 0. The van der Waals surface area contributed by atoms with E-state index in [0.29, 0.717) is 0 Å². The standard InChI is InChI=1S/C8H12N3/c1-9-7-4-5-8(10-6-7)11(2)3/h4-6,9H,1H2,2-3H3. The Hall–Kier alpha value is -1.25. The molecule has 0 bridgehead atoms. The van der Waals surface area contributed by atoms with E-state index in [0.717, 1.165) is 11.5 Å². The number of nitrogens with zero attached hydrogens (tertiary/aromatic N) is 2. The Morgan fingerprint density at radius 2 is 2.18 bits per heavy atom. The van der Waals surface area contributed by atoms with Crippen LogP contribution in [0.5, 0.6) is 0 Å². The Morgan fingerprint density at radius 3 is 2.55 bits per heavy atom. The molecule has 11 heavy (non-hydrogen) atoms. The highest BCUT2D eigenvalue weighted by Gasteiger charge is 1.94. The van der Waals surface area contributed by atoms with Gasteiger partial charge in [-0.3, -0.25) is 0 Å². The number of rotatable bonds is 2. The fraction of sp³-hybridized carbons (Fsp3) is 0.250. The summed E-state index contributed by atoms with van der Waals surface area (Å²) in [7, 11) is 7.44. The van der Waals surface area contributed by atoms with E-state index in [4.69, 9.17) is 0 Å². The first-order valence-electron chi connectivity index (χ1n) is 3.40. The van der Waals surface area contributed by atoms with Gasteiger partial charge in [0.25, 0.3) is 0 Å². The van der Waals surface area contributed by atoms with Gasteiger partial charge in [0.15, 0.2) is 0 Å². The van der Waals surface area contributed by atoms with Gasteiger partial charge in [-0.25, -0.2) is 4.98 Å². The topological polar surface area (TPSA) is 28.2 Å². The Morgan fingerprint density at radius 1 is 1.45 bits per heavy atom. The van der Waals surface area contributed by atoms with E-state index in [2.05, 4.69) is 17.3 Å². The molecule has 0 aliphatic rings. The number of hydrogen-bond acceptors (Lipinski definition) is 3. The van der Waals surface area contributed by atoms with Gasteiger partial charge in [-0.2, -0.15) is 0 Å². The first-order valence-corrected chi connectivity index (χ1v) is 3.40. The fourth-order valence-electron chi connectivity index (χ4n) is 0.755. The van der Waals surface area contributed by atoms with Crippen molar-refractivity contribution in [2.75, 3.05) is 24.3 Å². The molecule has 59 valence electrons. The Labute approximate surface area is 67.1 Å². The van der Waals surface area contributed by atoms with Crippen LogP contribution in [0.15, 0.2) is 18.3 Å². The van der Waals surface area contributed by atoms with Crippen LogP contribution in [-0.2, 0) is 0 Å². The van der Waals surface area contributed by atoms with E-state index in [1.165, 1.54) is 0 Å². The van der Waals surface area contributed by atoms with Crippen molar-refractivity contribution >= 4 is 11.5 Å². The minimum absolute atomic E-state index is 0.926. The monoisotopic (exact) mass is 150 g/mol. The smallest absolute Gasteiger partial charge is 0.128 e. The molecule has 0 amide bonds. The zero-order chi connectivity index (χ0) is 8.27. The Kier molecular flexibility index (Phi) is 2.31. The normalized spacial score (nSPS) is 9.36. The second kappa shape index (κ2) is 3.23. The molecule has 0 aromatic carbocycles. The van der Waals surface area contributed by atoms with Crippen LogP contribution in [0.25, 0.3) is 0 Å². The third-order valence-corrected chi connectivity index (χ3v) is 1.41. The van der Waals surface area contributed by atoms with Gasteiger partial charge in [0.05, 0.1) is 11.9 Å². The first-order chi connectivity index (χ1) is 5.24. The zero-order valence-corrected chi connectivity index (χ0v) is 6.83. The average molecular weight is 150 g/mol. The molecule has 0 unspecified atom stereocenters. The molecule has 0 aliphatic heterocycles. The lowest BCUT2D eigenvalue weighted by Gasteiger charge is -2.10. The molecule has 3 nitrogen and oxygen atoms in total. The van der Waals surface area contributed by atoms with Crippen molar-refractivity contribution in [3.63, 3.8) is 0 Å². The van der Waals surface area contributed by atoms with Gasteiger partial charge >= 0.3 is 0 Å². The van der Waals surface area contributed by atoms with Crippen LogP contribution in [-0.4, -0.2) is 19.1 Å². The van der Waals surface area contributed by atoms with Crippen molar-refractivity contribution in [1.82, 2.24) is 4.98 Å². The number of aromatic nitrogens is 1. The van der Waals surface area contributed by atoms with Crippen LogP contribution in [0.3, 0.4) is 0 Å². The van der Waals surface area contributed by atoms with Gasteiger partial charge in [-0.05, 0) is 12.1 Å². The molecule has 0 saturated heterocycles. The highest BCUT2D eigenvalue weighted by atomic mass is 15.1. The van der Waals surface area contributed by atoms with Crippen molar-refractivity contribution in [3.05, 3.63) is 25.4 Å². The molecule has 1 heterocycles. The fourth-order valence-corrected chi connectivity index (χ4v) is 0.755. The van der Waals surface area contributed by atoms with Crippen LogP contribution >= 0.6 is 0 Å². The molecule has 1 aromatic rings. The number of pyridine rings is 1. The minimum Gasteiger partial charge on any atom is -0.382 e. The highest BCUT2D eigenvalue weighted by Crippen LogP contribution is 2.10.